The Bertz CT molecular complexity index is 314. The number of nitrogens with zero attached hydrogens (tertiary/aromatic N) is 1. The number of pyridine rings is 1. The average Bonchev–Trinajstić information content (AvgIpc) is 2.21. The molecule has 0 aliphatic heterocycles. The maximum absolute atomic E-state index is 12.4. The summed E-state index contributed by atoms with van der Waals surface area (Å²) in [7, 11) is 0. The van der Waals surface area contributed by atoms with Crippen molar-refractivity contribution in [2.45, 2.75) is 13.3 Å². The Morgan fingerprint density at radius 3 is 3.00 bits per heavy atom. The molecule has 0 spiro atoms. The lowest BCUT2D eigenvalue weighted by Crippen LogP contribution is -2.24. The molecule has 82 valence electrons. The van der Waals surface area contributed by atoms with Crippen LogP contribution in [0.1, 0.15) is 13.3 Å². The van der Waals surface area contributed by atoms with Gasteiger partial charge in [-0.25, -0.2) is 4.98 Å². The van der Waals surface area contributed by atoms with Crippen molar-refractivity contribution >= 4 is 5.91 Å². The van der Waals surface area contributed by atoms with E-state index in [1.165, 1.54) is 18.3 Å². The third kappa shape index (κ3) is 4.39. The van der Waals surface area contributed by atoms with Gasteiger partial charge in [0.1, 0.15) is 5.75 Å². The summed E-state index contributed by atoms with van der Waals surface area (Å²) in [6, 6.07) is 2.68. The number of nitrogens with one attached hydrogen (secondary N) is 1. The quantitative estimate of drug-likeness (QED) is 0.744. The van der Waals surface area contributed by atoms with Gasteiger partial charge in [-0.1, -0.05) is 0 Å². The Morgan fingerprint density at radius 2 is 2.40 bits per heavy atom. The normalized spacial score (nSPS) is 9.73. The first-order chi connectivity index (χ1) is 7.22. The summed E-state index contributed by atoms with van der Waals surface area (Å²) in [6.45, 7) is 2.72. The van der Waals surface area contributed by atoms with E-state index < -0.39 is 5.95 Å². The van der Waals surface area contributed by atoms with Gasteiger partial charge in [0, 0.05) is 6.54 Å². The van der Waals surface area contributed by atoms with Crippen molar-refractivity contribution in [3.63, 3.8) is 0 Å². The summed E-state index contributed by atoms with van der Waals surface area (Å²) in [5.41, 5.74) is 0. The molecule has 1 amide bonds. The Balaban J connectivity index is 2.26. The molecule has 0 aromatic carbocycles. The highest BCUT2D eigenvalue weighted by Crippen LogP contribution is 2.08. The fourth-order valence-electron chi connectivity index (χ4n) is 0.995. The molecule has 0 unspecified atom stereocenters. The molecule has 0 saturated heterocycles. The molecule has 0 aliphatic carbocycles. The topological polar surface area (TPSA) is 51.2 Å². The van der Waals surface area contributed by atoms with E-state index in [1.54, 1.807) is 0 Å². The maximum atomic E-state index is 12.4. The largest absolute Gasteiger partial charge is 0.491 e. The van der Waals surface area contributed by atoms with Crippen LogP contribution < -0.4 is 10.1 Å². The summed E-state index contributed by atoms with van der Waals surface area (Å²) in [5.74, 6) is -0.153. The molecule has 0 atom stereocenters. The summed E-state index contributed by atoms with van der Waals surface area (Å²) in [6.07, 6.45) is 1.57. The lowest BCUT2D eigenvalue weighted by molar-refractivity contribution is -0.121. The van der Waals surface area contributed by atoms with Gasteiger partial charge in [-0.05, 0) is 19.1 Å². The zero-order valence-electron chi connectivity index (χ0n) is 8.50. The number of rotatable bonds is 5. The van der Waals surface area contributed by atoms with E-state index in [4.69, 9.17) is 4.74 Å². The van der Waals surface area contributed by atoms with Gasteiger partial charge in [-0.2, -0.15) is 4.39 Å². The molecule has 1 aromatic rings. The van der Waals surface area contributed by atoms with Crippen LogP contribution in [0.25, 0.3) is 0 Å². The Hall–Kier alpha value is -1.65. The highest BCUT2D eigenvalue weighted by molar-refractivity contribution is 5.75. The molecule has 0 aliphatic rings. The SMILES string of the molecule is CCNC(=O)CCOc1ccc(F)nc1. The van der Waals surface area contributed by atoms with Crippen LogP contribution in [-0.4, -0.2) is 24.0 Å². The first kappa shape index (κ1) is 11.4. The van der Waals surface area contributed by atoms with Gasteiger partial charge in [0.15, 0.2) is 0 Å². The minimum Gasteiger partial charge on any atom is -0.491 e. The van der Waals surface area contributed by atoms with E-state index in [2.05, 4.69) is 10.3 Å². The van der Waals surface area contributed by atoms with Gasteiger partial charge in [-0.3, -0.25) is 4.79 Å². The minimum atomic E-state index is -0.550. The molecule has 5 heteroatoms. The Kier molecular flexibility index (Phi) is 4.53. The molecule has 0 radical (unpaired) electrons. The number of aromatic nitrogens is 1. The lowest BCUT2D eigenvalue weighted by atomic mass is 10.4. The highest BCUT2D eigenvalue weighted by atomic mass is 19.1. The molecule has 0 bridgehead atoms. The second kappa shape index (κ2) is 5.95. The van der Waals surface area contributed by atoms with Crippen molar-refractivity contribution in [3.05, 3.63) is 24.3 Å². The van der Waals surface area contributed by atoms with Crippen molar-refractivity contribution in [1.29, 1.82) is 0 Å². The van der Waals surface area contributed by atoms with Crippen LogP contribution in [0.5, 0.6) is 5.75 Å². The van der Waals surface area contributed by atoms with E-state index >= 15 is 0 Å². The standard InChI is InChI=1S/C10H13FN2O2/c1-2-12-10(14)5-6-15-8-3-4-9(11)13-7-8/h3-4,7H,2,5-6H2,1H3,(H,12,14). The number of ether oxygens (including phenoxy) is 1. The maximum Gasteiger partial charge on any atom is 0.223 e. The number of carbonyl (C=O) groups excluding carboxylic acids is 1. The smallest absolute Gasteiger partial charge is 0.223 e. The van der Waals surface area contributed by atoms with Crippen LogP contribution in [0.3, 0.4) is 0 Å². The Morgan fingerprint density at radius 1 is 1.60 bits per heavy atom. The molecule has 1 N–H and O–H groups in total. The number of hydrogen-bond acceptors (Lipinski definition) is 3. The van der Waals surface area contributed by atoms with Crippen LogP contribution in [0.2, 0.25) is 0 Å². The fraction of sp³-hybridized carbons (Fsp3) is 0.400. The van der Waals surface area contributed by atoms with E-state index in [0.717, 1.165) is 0 Å². The van der Waals surface area contributed by atoms with Gasteiger partial charge in [0.2, 0.25) is 11.9 Å². The summed E-state index contributed by atoms with van der Waals surface area (Å²) in [4.78, 5) is 14.4. The zero-order valence-corrected chi connectivity index (χ0v) is 8.50. The molecule has 15 heavy (non-hydrogen) atoms. The molecule has 1 aromatic heterocycles. The lowest BCUT2D eigenvalue weighted by Gasteiger charge is -2.05. The monoisotopic (exact) mass is 212 g/mol. The van der Waals surface area contributed by atoms with Crippen molar-refractivity contribution in [2.24, 2.45) is 0 Å². The molecule has 0 saturated carbocycles. The predicted molar refractivity (Wildman–Crippen MR) is 53.0 cm³/mol. The minimum absolute atomic E-state index is 0.0624. The number of halogens is 1. The van der Waals surface area contributed by atoms with Crippen LogP contribution in [0, 0.1) is 5.95 Å². The van der Waals surface area contributed by atoms with E-state index in [0.29, 0.717) is 12.3 Å². The zero-order chi connectivity index (χ0) is 11.1. The predicted octanol–water partition coefficient (Wildman–Crippen LogP) is 1.13. The Labute approximate surface area is 87.5 Å². The van der Waals surface area contributed by atoms with Crippen molar-refractivity contribution in [3.8, 4) is 5.75 Å². The molecular formula is C10H13FN2O2. The van der Waals surface area contributed by atoms with Gasteiger partial charge in [-0.15, -0.1) is 0 Å². The summed E-state index contributed by atoms with van der Waals surface area (Å²) in [5, 5.41) is 2.65. The van der Waals surface area contributed by atoms with E-state index in [-0.39, 0.29) is 18.9 Å². The molecule has 0 fully saturated rings. The molecular weight excluding hydrogens is 199 g/mol. The molecule has 4 nitrogen and oxygen atoms in total. The highest BCUT2D eigenvalue weighted by Gasteiger charge is 2.00. The summed E-state index contributed by atoms with van der Waals surface area (Å²) < 4.78 is 17.6. The van der Waals surface area contributed by atoms with Crippen LogP contribution in [0.15, 0.2) is 18.3 Å². The molecule has 1 heterocycles. The van der Waals surface area contributed by atoms with Crippen molar-refractivity contribution < 1.29 is 13.9 Å². The van der Waals surface area contributed by atoms with Crippen molar-refractivity contribution in [2.75, 3.05) is 13.2 Å². The number of amides is 1. The number of carbonyl (C=O) groups is 1. The third-order valence-corrected chi connectivity index (χ3v) is 1.67. The summed E-state index contributed by atoms with van der Waals surface area (Å²) >= 11 is 0. The van der Waals surface area contributed by atoms with Gasteiger partial charge < -0.3 is 10.1 Å². The van der Waals surface area contributed by atoms with Crippen LogP contribution in [0.4, 0.5) is 4.39 Å². The van der Waals surface area contributed by atoms with Gasteiger partial charge >= 0.3 is 0 Å². The first-order valence-electron chi connectivity index (χ1n) is 4.73. The third-order valence-electron chi connectivity index (χ3n) is 1.67. The first-order valence-corrected chi connectivity index (χ1v) is 4.73. The average molecular weight is 212 g/mol. The van der Waals surface area contributed by atoms with Crippen LogP contribution >= 0.6 is 0 Å². The second-order valence-corrected chi connectivity index (χ2v) is 2.87. The number of hydrogen-bond donors (Lipinski definition) is 1. The van der Waals surface area contributed by atoms with Gasteiger partial charge in [0.25, 0.3) is 0 Å². The second-order valence-electron chi connectivity index (χ2n) is 2.87. The van der Waals surface area contributed by atoms with Crippen molar-refractivity contribution in [1.82, 2.24) is 10.3 Å². The van der Waals surface area contributed by atoms with E-state index in [9.17, 15) is 9.18 Å². The van der Waals surface area contributed by atoms with Crippen LogP contribution in [-0.2, 0) is 4.79 Å². The van der Waals surface area contributed by atoms with Gasteiger partial charge in [0.05, 0.1) is 19.2 Å². The molecule has 1 rings (SSSR count). The van der Waals surface area contributed by atoms with E-state index in [1.807, 2.05) is 6.92 Å². The fourth-order valence-corrected chi connectivity index (χ4v) is 0.995.